The summed E-state index contributed by atoms with van der Waals surface area (Å²) in [5.74, 6) is -1.04. The van der Waals surface area contributed by atoms with Gasteiger partial charge in [0.1, 0.15) is 19.9 Å². The fourth-order valence-electron chi connectivity index (χ4n) is 10.5. The van der Waals surface area contributed by atoms with E-state index in [-0.39, 0.29) is 53.1 Å². The Labute approximate surface area is 412 Å². The SMILES string of the molecule is CN(C)CCN1CN(C2c3ccccc3CCc3ccccc32)n2ccc(=O)c(O)c2C1=O.NCCN1CN(C2c3ccccc3CCc3ccccc32)n2ccc(=O)c(OCc3ccccc3)c2C1=O. The van der Waals surface area contributed by atoms with Crippen molar-refractivity contribution in [3.63, 3.8) is 0 Å². The van der Waals surface area contributed by atoms with Crippen molar-refractivity contribution in [2.24, 2.45) is 5.73 Å². The minimum absolute atomic E-state index is 0.0201. The van der Waals surface area contributed by atoms with Crippen molar-refractivity contribution < 1.29 is 19.4 Å². The lowest BCUT2D eigenvalue weighted by Gasteiger charge is -2.44. The predicted molar refractivity (Wildman–Crippen MR) is 274 cm³/mol. The number of carbonyl (C=O) groups excluding carboxylic acids is 2. The number of nitrogens with zero attached hydrogens (tertiary/aromatic N) is 7. The number of hydrogen-bond acceptors (Lipinski definition) is 10. The van der Waals surface area contributed by atoms with E-state index < -0.39 is 11.2 Å². The third kappa shape index (κ3) is 9.08. The number of fused-ring (bicyclic) bond motifs is 6. The van der Waals surface area contributed by atoms with Gasteiger partial charge in [-0.15, -0.1) is 0 Å². The third-order valence-corrected chi connectivity index (χ3v) is 14.0. The molecule has 14 nitrogen and oxygen atoms in total. The molecule has 0 saturated heterocycles. The third-order valence-electron chi connectivity index (χ3n) is 14.0. The van der Waals surface area contributed by atoms with Gasteiger partial charge in [0.05, 0.1) is 12.1 Å². The maximum atomic E-state index is 13.8. The molecule has 0 atom stereocenters. The van der Waals surface area contributed by atoms with E-state index in [1.165, 1.54) is 56.6 Å². The van der Waals surface area contributed by atoms with Crippen LogP contribution in [0.1, 0.15) is 83.1 Å². The van der Waals surface area contributed by atoms with Crippen LogP contribution >= 0.6 is 0 Å². The van der Waals surface area contributed by atoms with Crippen LogP contribution in [0.5, 0.6) is 11.5 Å². The average molecular weight is 951 g/mol. The Hall–Kier alpha value is -7.94. The molecule has 3 N–H and O–H groups in total. The summed E-state index contributed by atoms with van der Waals surface area (Å²) in [5.41, 5.74) is 16.0. The van der Waals surface area contributed by atoms with Crippen LogP contribution in [-0.2, 0) is 32.3 Å². The molecule has 0 spiro atoms. The summed E-state index contributed by atoms with van der Waals surface area (Å²) in [6, 6.07) is 45.9. The van der Waals surface area contributed by atoms with E-state index >= 15 is 0 Å². The first kappa shape index (κ1) is 46.8. The van der Waals surface area contributed by atoms with Crippen molar-refractivity contribution in [1.29, 1.82) is 0 Å². The summed E-state index contributed by atoms with van der Waals surface area (Å²) in [7, 11) is 3.92. The summed E-state index contributed by atoms with van der Waals surface area (Å²) >= 11 is 0. The monoisotopic (exact) mass is 950 g/mol. The fourth-order valence-corrected chi connectivity index (χ4v) is 10.5. The zero-order chi connectivity index (χ0) is 49.2. The highest BCUT2D eigenvalue weighted by atomic mass is 16.5. The number of likely N-dealkylation sites (N-methyl/N-ethyl adjacent to an activating group) is 1. The molecule has 11 rings (SSSR count). The number of amides is 2. The Bertz CT molecular complexity index is 3130. The van der Waals surface area contributed by atoms with Gasteiger partial charge in [0, 0.05) is 50.7 Å². The first-order chi connectivity index (χ1) is 34.6. The smallest absolute Gasteiger partial charge is 0.277 e. The molecule has 0 saturated carbocycles. The average Bonchev–Trinajstić information content (AvgIpc) is 3.66. The van der Waals surface area contributed by atoms with Crippen LogP contribution in [0.25, 0.3) is 0 Å². The van der Waals surface area contributed by atoms with Gasteiger partial charge in [-0.2, -0.15) is 0 Å². The van der Waals surface area contributed by atoms with E-state index in [0.29, 0.717) is 39.5 Å². The van der Waals surface area contributed by atoms with Crippen LogP contribution < -0.4 is 31.3 Å². The van der Waals surface area contributed by atoms with E-state index in [9.17, 15) is 24.3 Å². The van der Waals surface area contributed by atoms with E-state index in [4.69, 9.17) is 10.5 Å². The number of carbonyl (C=O) groups is 2. The van der Waals surface area contributed by atoms with Gasteiger partial charge in [-0.3, -0.25) is 38.5 Å². The Morgan fingerprint density at radius 2 is 0.972 bits per heavy atom. The highest BCUT2D eigenvalue weighted by Gasteiger charge is 2.40. The molecule has 14 heteroatoms. The molecule has 0 radical (unpaired) electrons. The predicted octanol–water partition coefficient (Wildman–Crippen LogP) is 5.98. The molecule has 2 amide bonds. The van der Waals surface area contributed by atoms with Crippen molar-refractivity contribution in [1.82, 2.24) is 24.1 Å². The number of pyridine rings is 2. The van der Waals surface area contributed by atoms with Crippen LogP contribution in [0.4, 0.5) is 0 Å². The quantitative estimate of drug-likeness (QED) is 0.168. The second-order valence-electron chi connectivity index (χ2n) is 18.7. The molecule has 4 aliphatic rings. The van der Waals surface area contributed by atoms with Gasteiger partial charge in [-0.25, -0.2) is 0 Å². The zero-order valence-corrected chi connectivity index (χ0v) is 40.1. The number of ether oxygens (including phenoxy) is 1. The summed E-state index contributed by atoms with van der Waals surface area (Å²) in [5, 5.41) is 14.9. The molecule has 0 fully saturated rings. The molecule has 2 aromatic heterocycles. The maximum Gasteiger partial charge on any atom is 0.277 e. The maximum absolute atomic E-state index is 13.8. The number of benzene rings is 5. The van der Waals surface area contributed by atoms with Crippen molar-refractivity contribution in [2.45, 2.75) is 44.4 Å². The van der Waals surface area contributed by atoms with E-state index in [1.54, 1.807) is 26.9 Å². The standard InChI is InChI=1S/C31H30N4O3.C26H28N4O3/c32-17-19-33-21-35(28-25-12-6-4-10-23(25)14-15-24-11-5-7-13-26(24)28)34-18-16-27(36)30(29(34)31(33)37)38-20-22-8-2-1-3-9-22;1-27(2)15-16-28-17-30(29-14-13-22(31)25(32)24(29)26(28)33)23-20-9-5-3-7-18(20)11-12-19-8-4-6-10-21(19)23/h1-13,16,18,28H,14-15,17,19-21,32H2;3-10,13-14,23,32H,11-12,15-17H2,1-2H3. The number of rotatable bonds is 10. The summed E-state index contributed by atoms with van der Waals surface area (Å²) in [4.78, 5) is 58.0. The first-order valence-electron chi connectivity index (χ1n) is 24.3. The number of aromatic nitrogens is 2. The lowest BCUT2D eigenvalue weighted by atomic mass is 9.94. The van der Waals surface area contributed by atoms with Crippen LogP contribution in [0, 0.1) is 0 Å². The highest BCUT2D eigenvalue weighted by molar-refractivity contribution is 5.97. The van der Waals surface area contributed by atoms with Gasteiger partial charge >= 0.3 is 0 Å². The zero-order valence-electron chi connectivity index (χ0n) is 40.1. The largest absolute Gasteiger partial charge is 0.502 e. The van der Waals surface area contributed by atoms with E-state index in [1.807, 2.05) is 66.1 Å². The van der Waals surface area contributed by atoms with Crippen molar-refractivity contribution >= 4 is 11.8 Å². The molecule has 362 valence electrons. The second kappa shape index (κ2) is 20.2. The van der Waals surface area contributed by atoms with Crippen LogP contribution in [-0.4, -0.2) is 94.6 Å². The molecule has 0 unspecified atom stereocenters. The van der Waals surface area contributed by atoms with Crippen LogP contribution in [0.3, 0.4) is 0 Å². The molecular formula is C57H58N8O6. The molecule has 71 heavy (non-hydrogen) atoms. The second-order valence-corrected chi connectivity index (χ2v) is 18.7. The summed E-state index contributed by atoms with van der Waals surface area (Å²) in [6.45, 7) is 2.70. The van der Waals surface area contributed by atoms with Gasteiger partial charge in [-0.1, -0.05) is 127 Å². The summed E-state index contributed by atoms with van der Waals surface area (Å²) in [6.07, 6.45) is 7.04. The molecule has 7 aromatic rings. The van der Waals surface area contributed by atoms with Crippen molar-refractivity contribution in [2.75, 3.05) is 63.6 Å². The van der Waals surface area contributed by atoms with Gasteiger partial charge in [0.25, 0.3) is 11.8 Å². The molecule has 4 heterocycles. The number of nitrogens with two attached hydrogens (primary N) is 1. The van der Waals surface area contributed by atoms with Gasteiger partial charge in [-0.05, 0) is 89.8 Å². The fraction of sp³-hybridized carbons (Fsp3) is 0.263. The van der Waals surface area contributed by atoms with Crippen LogP contribution in [0.15, 0.2) is 162 Å². The Morgan fingerprint density at radius 1 is 0.549 bits per heavy atom. The molecule has 2 aliphatic heterocycles. The van der Waals surface area contributed by atoms with E-state index in [2.05, 4.69) is 94.9 Å². The number of hydrogen-bond donors (Lipinski definition) is 2. The molecule has 5 aromatic carbocycles. The number of aromatic hydroxyl groups is 1. The highest BCUT2D eigenvalue weighted by Crippen LogP contribution is 2.40. The minimum atomic E-state index is -0.550. The topological polar surface area (TPSA) is 150 Å². The van der Waals surface area contributed by atoms with E-state index in [0.717, 1.165) is 31.2 Å². The molecule has 2 aliphatic carbocycles. The minimum Gasteiger partial charge on any atom is -0.502 e. The lowest BCUT2D eigenvalue weighted by Crippen LogP contribution is -2.56. The van der Waals surface area contributed by atoms with Gasteiger partial charge in [0.15, 0.2) is 22.9 Å². The number of aryl methyl sites for hydroxylation is 4. The Kier molecular flexibility index (Phi) is 13.3. The Morgan fingerprint density at radius 3 is 1.45 bits per heavy atom. The van der Waals surface area contributed by atoms with Crippen molar-refractivity contribution in [3.8, 4) is 11.5 Å². The first-order valence-corrected chi connectivity index (χ1v) is 24.3. The molecule has 0 bridgehead atoms. The normalized spacial score (nSPS) is 15.3. The van der Waals surface area contributed by atoms with Gasteiger partial charge < -0.3 is 30.3 Å². The van der Waals surface area contributed by atoms with Crippen molar-refractivity contribution in [3.05, 3.63) is 234 Å². The molecular weight excluding hydrogens is 893 g/mol. The van der Waals surface area contributed by atoms with Crippen LogP contribution in [0.2, 0.25) is 0 Å². The Balaban J connectivity index is 0.000000166. The lowest BCUT2D eigenvalue weighted by molar-refractivity contribution is 0.0664. The van der Waals surface area contributed by atoms with Gasteiger partial charge in [0.2, 0.25) is 10.9 Å². The summed E-state index contributed by atoms with van der Waals surface area (Å²) < 4.78 is 9.57.